The van der Waals surface area contributed by atoms with Gasteiger partial charge in [0.25, 0.3) is 0 Å². The van der Waals surface area contributed by atoms with Gasteiger partial charge in [0, 0.05) is 6.54 Å². The minimum atomic E-state index is -0.797. The van der Waals surface area contributed by atoms with E-state index in [1.807, 2.05) is 0 Å². The van der Waals surface area contributed by atoms with Gasteiger partial charge in [-0.25, -0.2) is 4.79 Å². The van der Waals surface area contributed by atoms with Crippen molar-refractivity contribution >= 4 is 23.9 Å². The number of nitrogens with one attached hydrogen (secondary N) is 1. The Labute approximate surface area is 223 Å². The van der Waals surface area contributed by atoms with Gasteiger partial charge in [-0.3, -0.25) is 14.4 Å². The molecule has 0 aliphatic rings. The molecule has 0 aliphatic heterocycles. The zero-order valence-corrected chi connectivity index (χ0v) is 23.1. The van der Waals surface area contributed by atoms with E-state index in [9.17, 15) is 19.2 Å². The normalized spacial score (nSPS) is 12.3. The first kappa shape index (κ1) is 30.5. The predicted molar refractivity (Wildman–Crippen MR) is 141 cm³/mol. The molecule has 0 heterocycles. The van der Waals surface area contributed by atoms with Gasteiger partial charge in [0.2, 0.25) is 0 Å². The molecule has 0 spiro atoms. The first-order valence-electron chi connectivity index (χ1n) is 12.3. The van der Waals surface area contributed by atoms with E-state index in [0.29, 0.717) is 11.1 Å². The minimum absolute atomic E-state index is 0.0390. The van der Waals surface area contributed by atoms with Crippen molar-refractivity contribution in [3.63, 3.8) is 0 Å². The molecule has 0 aromatic heterocycles. The topological polar surface area (TPSA) is 117 Å². The first-order valence-corrected chi connectivity index (χ1v) is 12.3. The molecule has 1 N–H and O–H groups in total. The van der Waals surface area contributed by atoms with Gasteiger partial charge in [-0.2, -0.15) is 0 Å². The molecule has 9 nitrogen and oxygen atoms in total. The molecule has 206 valence electrons. The Morgan fingerprint density at radius 1 is 0.816 bits per heavy atom. The van der Waals surface area contributed by atoms with Crippen LogP contribution in [-0.2, 0) is 30.3 Å². The summed E-state index contributed by atoms with van der Waals surface area (Å²) in [6.45, 7) is 10.5. The van der Waals surface area contributed by atoms with Crippen molar-refractivity contribution in [2.45, 2.75) is 54.0 Å². The van der Waals surface area contributed by atoms with Gasteiger partial charge in [0.15, 0.2) is 11.5 Å². The maximum Gasteiger partial charge on any atom is 0.338 e. The van der Waals surface area contributed by atoms with E-state index in [1.165, 1.54) is 13.2 Å². The van der Waals surface area contributed by atoms with Crippen molar-refractivity contribution in [3.8, 4) is 11.5 Å². The number of carbonyl (C=O) groups excluding carboxylic acids is 4. The maximum absolute atomic E-state index is 12.6. The zero-order valence-electron chi connectivity index (χ0n) is 23.1. The van der Waals surface area contributed by atoms with Crippen molar-refractivity contribution in [2.75, 3.05) is 20.3 Å². The summed E-state index contributed by atoms with van der Waals surface area (Å²) in [4.78, 5) is 49.6. The number of benzene rings is 2. The van der Waals surface area contributed by atoms with Crippen LogP contribution in [0.1, 0.15) is 57.5 Å². The molecule has 0 amide bonds. The lowest BCUT2D eigenvalue weighted by molar-refractivity contribution is -0.145. The van der Waals surface area contributed by atoms with E-state index in [1.54, 1.807) is 84.0 Å². The molecule has 0 bridgehead atoms. The van der Waals surface area contributed by atoms with E-state index in [4.69, 9.17) is 18.9 Å². The highest BCUT2D eigenvalue weighted by Crippen LogP contribution is 2.33. The van der Waals surface area contributed by atoms with Crippen LogP contribution in [-0.4, -0.2) is 50.2 Å². The largest absolute Gasteiger partial charge is 0.468 e. The Morgan fingerprint density at radius 3 is 1.95 bits per heavy atom. The molecule has 2 rings (SSSR count). The molecular weight excluding hydrogens is 490 g/mol. The molecular formula is C29H37NO8. The molecule has 0 fully saturated rings. The number of hydrogen-bond acceptors (Lipinski definition) is 9. The van der Waals surface area contributed by atoms with Crippen LogP contribution in [0.4, 0.5) is 0 Å². The standard InChI is InChI=1S/C29H37NO8/c1-28(2,3)26(33)37-22-14-13-19(18-23(22)38-27(34)29(4,5)6)17-21(25(32)35-7)30-15-16-36-24(31)20-11-9-8-10-12-20/h8-14,18,21,30H,15-17H2,1-7H3/t21-/m0/s1. The van der Waals surface area contributed by atoms with Crippen molar-refractivity contribution in [1.82, 2.24) is 5.32 Å². The van der Waals surface area contributed by atoms with Crippen LogP contribution in [0.15, 0.2) is 48.5 Å². The summed E-state index contributed by atoms with van der Waals surface area (Å²) in [6, 6.07) is 12.6. The summed E-state index contributed by atoms with van der Waals surface area (Å²) < 4.78 is 21.3. The molecule has 38 heavy (non-hydrogen) atoms. The summed E-state index contributed by atoms with van der Waals surface area (Å²) in [5.74, 6) is -1.81. The first-order chi connectivity index (χ1) is 17.7. The van der Waals surface area contributed by atoms with Crippen molar-refractivity contribution in [1.29, 1.82) is 0 Å². The highest BCUT2D eigenvalue weighted by molar-refractivity contribution is 5.89. The van der Waals surface area contributed by atoms with E-state index in [2.05, 4.69) is 5.32 Å². The lowest BCUT2D eigenvalue weighted by atomic mass is 9.97. The average molecular weight is 528 g/mol. The van der Waals surface area contributed by atoms with Gasteiger partial charge in [0.1, 0.15) is 12.6 Å². The molecule has 0 saturated heterocycles. The average Bonchev–Trinajstić information content (AvgIpc) is 2.85. The van der Waals surface area contributed by atoms with Gasteiger partial charge < -0.3 is 24.3 Å². The summed E-state index contributed by atoms with van der Waals surface area (Å²) in [6.07, 6.45) is 0.173. The van der Waals surface area contributed by atoms with Gasteiger partial charge in [-0.1, -0.05) is 24.3 Å². The number of rotatable bonds is 10. The number of hydrogen-bond donors (Lipinski definition) is 1. The SMILES string of the molecule is COC(=O)[C@H](Cc1ccc(OC(=O)C(C)(C)C)c(OC(=O)C(C)(C)C)c1)NCCOC(=O)c1ccccc1. The Morgan fingerprint density at radius 2 is 1.39 bits per heavy atom. The third-order valence-electron chi connectivity index (χ3n) is 5.30. The maximum atomic E-state index is 12.6. The molecule has 0 saturated carbocycles. The van der Waals surface area contributed by atoms with Crippen LogP contribution in [0, 0.1) is 10.8 Å². The molecule has 0 aliphatic carbocycles. The third-order valence-corrected chi connectivity index (χ3v) is 5.30. The Hall–Kier alpha value is -3.72. The monoisotopic (exact) mass is 527 g/mol. The Balaban J connectivity index is 2.16. The van der Waals surface area contributed by atoms with Gasteiger partial charge in [-0.15, -0.1) is 0 Å². The summed E-state index contributed by atoms with van der Waals surface area (Å²) in [5, 5.41) is 3.03. The fraction of sp³-hybridized carbons (Fsp3) is 0.448. The van der Waals surface area contributed by atoms with Gasteiger partial charge in [0.05, 0.1) is 23.5 Å². The highest BCUT2D eigenvalue weighted by atomic mass is 16.6. The van der Waals surface area contributed by atoms with Crippen LogP contribution in [0.3, 0.4) is 0 Å². The number of esters is 4. The van der Waals surface area contributed by atoms with Crippen LogP contribution < -0.4 is 14.8 Å². The quantitative estimate of drug-likeness (QED) is 0.277. The predicted octanol–water partition coefficient (Wildman–Crippen LogP) is 4.12. The lowest BCUT2D eigenvalue weighted by Gasteiger charge is -2.21. The second-order valence-corrected chi connectivity index (χ2v) is 10.8. The lowest BCUT2D eigenvalue weighted by Crippen LogP contribution is -2.41. The van der Waals surface area contributed by atoms with Crippen LogP contribution in [0.2, 0.25) is 0 Å². The second kappa shape index (κ2) is 13.2. The van der Waals surface area contributed by atoms with Crippen molar-refractivity contribution in [3.05, 3.63) is 59.7 Å². The molecule has 0 radical (unpaired) electrons. The molecule has 0 unspecified atom stereocenters. The van der Waals surface area contributed by atoms with E-state index in [0.717, 1.165) is 0 Å². The van der Waals surface area contributed by atoms with Crippen LogP contribution in [0.5, 0.6) is 11.5 Å². The number of carbonyl (C=O) groups is 4. The number of ether oxygens (including phenoxy) is 4. The molecule has 2 aromatic rings. The smallest absolute Gasteiger partial charge is 0.338 e. The van der Waals surface area contributed by atoms with Crippen LogP contribution >= 0.6 is 0 Å². The number of methoxy groups -OCH3 is 1. The molecule has 1 atom stereocenters. The summed E-state index contributed by atoms with van der Waals surface area (Å²) >= 11 is 0. The minimum Gasteiger partial charge on any atom is -0.468 e. The van der Waals surface area contributed by atoms with Crippen LogP contribution in [0.25, 0.3) is 0 Å². The van der Waals surface area contributed by atoms with Crippen molar-refractivity contribution in [2.24, 2.45) is 10.8 Å². The Bertz CT molecular complexity index is 1130. The van der Waals surface area contributed by atoms with Crippen molar-refractivity contribution < 1.29 is 38.1 Å². The van der Waals surface area contributed by atoms with E-state index >= 15 is 0 Å². The second-order valence-electron chi connectivity index (χ2n) is 10.8. The van der Waals surface area contributed by atoms with E-state index < -0.39 is 40.7 Å². The fourth-order valence-corrected chi connectivity index (χ4v) is 3.00. The zero-order chi connectivity index (χ0) is 28.5. The molecule has 9 heteroatoms. The highest BCUT2D eigenvalue weighted by Gasteiger charge is 2.29. The van der Waals surface area contributed by atoms with E-state index in [-0.39, 0.29) is 31.1 Å². The summed E-state index contributed by atoms with van der Waals surface area (Å²) in [5.41, 5.74) is -0.509. The fourth-order valence-electron chi connectivity index (χ4n) is 3.00. The summed E-state index contributed by atoms with van der Waals surface area (Å²) in [7, 11) is 1.28. The Kier molecular flexibility index (Phi) is 10.6. The third kappa shape index (κ3) is 9.30. The van der Waals surface area contributed by atoms with Gasteiger partial charge in [-0.05, 0) is 77.8 Å². The van der Waals surface area contributed by atoms with Gasteiger partial charge >= 0.3 is 23.9 Å². The molecule has 2 aromatic carbocycles.